The molecule has 1 nitrogen and oxygen atoms in total. The van der Waals surface area contributed by atoms with Crippen LogP contribution in [0.5, 0.6) is 0 Å². The van der Waals surface area contributed by atoms with Gasteiger partial charge in [0.25, 0.3) is 0 Å². The summed E-state index contributed by atoms with van der Waals surface area (Å²) < 4.78 is 1.25. The lowest BCUT2D eigenvalue weighted by Crippen LogP contribution is -2.15. The Labute approximate surface area is 105 Å². The SMILES string of the molecule is CNC(CCCC(C)C)c1sccc1Br. The van der Waals surface area contributed by atoms with Crippen LogP contribution in [0.3, 0.4) is 0 Å². The molecular formula is C12H20BrNS. The Bertz CT molecular complexity index is 283. The highest BCUT2D eigenvalue weighted by Crippen LogP contribution is 2.31. The second-order valence-corrected chi connectivity index (χ2v) is 6.10. The maximum atomic E-state index is 3.60. The molecule has 0 aliphatic heterocycles. The second kappa shape index (κ2) is 6.66. The molecule has 1 atom stereocenters. The molecule has 1 aromatic heterocycles. The molecule has 0 saturated heterocycles. The zero-order valence-electron chi connectivity index (χ0n) is 9.72. The first kappa shape index (κ1) is 13.2. The van der Waals surface area contributed by atoms with Crippen LogP contribution in [0.2, 0.25) is 0 Å². The Morgan fingerprint density at radius 1 is 1.40 bits per heavy atom. The number of thiophene rings is 1. The number of halogens is 1. The molecule has 0 amide bonds. The summed E-state index contributed by atoms with van der Waals surface area (Å²) >= 11 is 5.43. The van der Waals surface area contributed by atoms with Gasteiger partial charge in [-0.1, -0.05) is 26.7 Å². The quantitative estimate of drug-likeness (QED) is 0.807. The summed E-state index contributed by atoms with van der Waals surface area (Å²) in [4.78, 5) is 1.43. The third-order valence-corrected chi connectivity index (χ3v) is 4.57. The summed E-state index contributed by atoms with van der Waals surface area (Å²) in [6.45, 7) is 4.57. The van der Waals surface area contributed by atoms with Gasteiger partial charge in [0.1, 0.15) is 0 Å². The largest absolute Gasteiger partial charge is 0.312 e. The van der Waals surface area contributed by atoms with Crippen LogP contribution >= 0.6 is 27.3 Å². The molecule has 1 N–H and O–H groups in total. The molecule has 1 heterocycles. The van der Waals surface area contributed by atoms with E-state index in [4.69, 9.17) is 0 Å². The Balaban J connectivity index is 2.46. The average Bonchev–Trinajstić information content (AvgIpc) is 2.59. The molecule has 86 valence electrons. The summed E-state index contributed by atoms with van der Waals surface area (Å²) in [5.74, 6) is 0.814. The summed E-state index contributed by atoms with van der Waals surface area (Å²) in [6, 6.07) is 2.64. The van der Waals surface area contributed by atoms with Gasteiger partial charge in [-0.3, -0.25) is 0 Å². The molecule has 0 aromatic carbocycles. The molecule has 3 heteroatoms. The van der Waals surface area contributed by atoms with E-state index in [1.54, 1.807) is 0 Å². The smallest absolute Gasteiger partial charge is 0.0423 e. The van der Waals surface area contributed by atoms with Gasteiger partial charge < -0.3 is 5.32 Å². The molecule has 0 aliphatic carbocycles. The van der Waals surface area contributed by atoms with Crippen molar-refractivity contribution in [2.45, 2.75) is 39.2 Å². The fourth-order valence-electron chi connectivity index (χ4n) is 1.69. The highest BCUT2D eigenvalue weighted by molar-refractivity contribution is 9.10. The first-order valence-electron chi connectivity index (χ1n) is 5.55. The molecule has 0 fully saturated rings. The number of rotatable bonds is 6. The molecule has 0 spiro atoms. The van der Waals surface area contributed by atoms with Gasteiger partial charge >= 0.3 is 0 Å². The summed E-state index contributed by atoms with van der Waals surface area (Å²) in [6.07, 6.45) is 3.85. The summed E-state index contributed by atoms with van der Waals surface area (Å²) in [5, 5.41) is 5.54. The Morgan fingerprint density at radius 3 is 2.60 bits per heavy atom. The minimum absolute atomic E-state index is 0.512. The zero-order valence-corrected chi connectivity index (χ0v) is 12.1. The fraction of sp³-hybridized carbons (Fsp3) is 0.667. The van der Waals surface area contributed by atoms with E-state index in [0.717, 1.165) is 5.92 Å². The van der Waals surface area contributed by atoms with Gasteiger partial charge in [0.15, 0.2) is 0 Å². The maximum Gasteiger partial charge on any atom is 0.0423 e. The first-order chi connectivity index (χ1) is 7.15. The molecule has 1 aromatic rings. The van der Waals surface area contributed by atoms with Crippen LogP contribution in [0.1, 0.15) is 44.0 Å². The van der Waals surface area contributed by atoms with Gasteiger partial charge in [-0.2, -0.15) is 0 Å². The van der Waals surface area contributed by atoms with E-state index in [-0.39, 0.29) is 0 Å². The number of hydrogen-bond acceptors (Lipinski definition) is 2. The van der Waals surface area contributed by atoms with Crippen LogP contribution in [0, 0.1) is 5.92 Å². The zero-order chi connectivity index (χ0) is 11.3. The molecule has 0 saturated carbocycles. The van der Waals surface area contributed by atoms with Crippen molar-refractivity contribution >= 4 is 27.3 Å². The van der Waals surface area contributed by atoms with Crippen molar-refractivity contribution in [1.82, 2.24) is 5.32 Å². The molecule has 1 rings (SSSR count). The molecule has 0 bridgehead atoms. The van der Waals surface area contributed by atoms with E-state index >= 15 is 0 Å². The van der Waals surface area contributed by atoms with Gasteiger partial charge in [-0.05, 0) is 46.8 Å². The van der Waals surface area contributed by atoms with Gasteiger partial charge in [0.2, 0.25) is 0 Å². The predicted octanol–water partition coefficient (Wildman–Crippen LogP) is 4.60. The minimum atomic E-state index is 0.512. The highest BCUT2D eigenvalue weighted by Gasteiger charge is 2.13. The van der Waals surface area contributed by atoms with Crippen molar-refractivity contribution in [2.24, 2.45) is 5.92 Å². The van der Waals surface area contributed by atoms with E-state index in [1.807, 2.05) is 18.4 Å². The summed E-state index contributed by atoms with van der Waals surface area (Å²) in [7, 11) is 2.05. The predicted molar refractivity (Wildman–Crippen MR) is 72.5 cm³/mol. The van der Waals surface area contributed by atoms with E-state index in [0.29, 0.717) is 6.04 Å². The van der Waals surface area contributed by atoms with Crippen molar-refractivity contribution in [1.29, 1.82) is 0 Å². The Kier molecular flexibility index (Phi) is 5.87. The van der Waals surface area contributed by atoms with Gasteiger partial charge in [0.05, 0.1) is 0 Å². The van der Waals surface area contributed by atoms with Crippen LogP contribution in [0.15, 0.2) is 15.9 Å². The topological polar surface area (TPSA) is 12.0 Å². The van der Waals surface area contributed by atoms with E-state index in [2.05, 4.69) is 46.5 Å². The van der Waals surface area contributed by atoms with Crippen molar-refractivity contribution in [3.05, 3.63) is 20.8 Å². The Morgan fingerprint density at radius 2 is 2.13 bits per heavy atom. The molecule has 0 radical (unpaired) electrons. The van der Waals surface area contributed by atoms with Gasteiger partial charge in [0, 0.05) is 15.4 Å². The van der Waals surface area contributed by atoms with Crippen LogP contribution in [-0.2, 0) is 0 Å². The lowest BCUT2D eigenvalue weighted by molar-refractivity contribution is 0.474. The normalized spacial score (nSPS) is 13.4. The lowest BCUT2D eigenvalue weighted by Gasteiger charge is -2.15. The standard InChI is InChI=1S/C12H20BrNS/c1-9(2)5-4-6-11(14-3)12-10(13)7-8-15-12/h7-9,11,14H,4-6H2,1-3H3. The minimum Gasteiger partial charge on any atom is -0.312 e. The maximum absolute atomic E-state index is 3.60. The Hall–Kier alpha value is 0.140. The first-order valence-corrected chi connectivity index (χ1v) is 7.22. The van der Waals surface area contributed by atoms with Crippen molar-refractivity contribution < 1.29 is 0 Å². The van der Waals surface area contributed by atoms with Crippen LogP contribution in [0.4, 0.5) is 0 Å². The van der Waals surface area contributed by atoms with Crippen LogP contribution in [0.25, 0.3) is 0 Å². The van der Waals surface area contributed by atoms with Crippen LogP contribution in [-0.4, -0.2) is 7.05 Å². The van der Waals surface area contributed by atoms with Crippen LogP contribution < -0.4 is 5.32 Å². The second-order valence-electron chi connectivity index (χ2n) is 4.30. The molecule has 15 heavy (non-hydrogen) atoms. The molecular weight excluding hydrogens is 270 g/mol. The number of nitrogens with one attached hydrogen (secondary N) is 1. The van der Waals surface area contributed by atoms with E-state index in [1.165, 1.54) is 28.6 Å². The third kappa shape index (κ3) is 4.25. The molecule has 1 unspecified atom stereocenters. The number of hydrogen-bond donors (Lipinski definition) is 1. The van der Waals surface area contributed by atoms with Crippen molar-refractivity contribution in [3.8, 4) is 0 Å². The third-order valence-electron chi connectivity index (χ3n) is 2.58. The summed E-state index contributed by atoms with van der Waals surface area (Å²) in [5.41, 5.74) is 0. The van der Waals surface area contributed by atoms with E-state index in [9.17, 15) is 0 Å². The van der Waals surface area contributed by atoms with Gasteiger partial charge in [-0.25, -0.2) is 0 Å². The van der Waals surface area contributed by atoms with Gasteiger partial charge in [-0.15, -0.1) is 11.3 Å². The highest BCUT2D eigenvalue weighted by atomic mass is 79.9. The lowest BCUT2D eigenvalue weighted by atomic mass is 10.0. The van der Waals surface area contributed by atoms with Crippen molar-refractivity contribution in [3.63, 3.8) is 0 Å². The molecule has 0 aliphatic rings. The monoisotopic (exact) mass is 289 g/mol. The fourth-order valence-corrected chi connectivity index (χ4v) is 3.49. The van der Waals surface area contributed by atoms with Crippen molar-refractivity contribution in [2.75, 3.05) is 7.05 Å². The average molecular weight is 290 g/mol. The van der Waals surface area contributed by atoms with E-state index < -0.39 is 0 Å².